The summed E-state index contributed by atoms with van der Waals surface area (Å²) in [6.45, 7) is 1.38. The molecule has 0 bridgehead atoms. The van der Waals surface area contributed by atoms with E-state index in [0.29, 0.717) is 19.7 Å². The molecule has 7 heteroatoms. The fourth-order valence-corrected chi connectivity index (χ4v) is 3.24. The number of morpholine rings is 1. The second-order valence-corrected chi connectivity index (χ2v) is 6.66. The van der Waals surface area contributed by atoms with E-state index in [2.05, 4.69) is 5.32 Å². The highest BCUT2D eigenvalue weighted by Gasteiger charge is 2.30. The van der Waals surface area contributed by atoms with Gasteiger partial charge in [0.2, 0.25) is 0 Å². The molecule has 3 amide bonds. The normalized spacial score (nSPS) is 16.9. The maximum atomic E-state index is 12.6. The van der Waals surface area contributed by atoms with E-state index in [-0.39, 0.29) is 18.5 Å². The van der Waals surface area contributed by atoms with Crippen LogP contribution in [0.15, 0.2) is 36.4 Å². The standard InChI is InChI=1S/C20H25N3O4/c1-22(2)19(24)18-13-23(10-11-27-18)20(25)21-12-16-15-7-5-4-6-14(15)8-9-17(16)26-3/h4-9,18H,10-13H2,1-3H3,(H,21,25)/t18-/m0/s1. The minimum atomic E-state index is -0.619. The van der Waals surface area contributed by atoms with Crippen LogP contribution in [0.4, 0.5) is 4.79 Å². The summed E-state index contributed by atoms with van der Waals surface area (Å²) in [5.41, 5.74) is 0.929. The van der Waals surface area contributed by atoms with Crippen molar-refractivity contribution >= 4 is 22.7 Å². The molecule has 1 N–H and O–H groups in total. The number of hydrogen-bond acceptors (Lipinski definition) is 4. The summed E-state index contributed by atoms with van der Waals surface area (Å²) in [6.07, 6.45) is -0.619. The molecule has 1 heterocycles. The molecule has 3 rings (SSSR count). The molecule has 0 aliphatic carbocycles. The highest BCUT2D eigenvalue weighted by atomic mass is 16.5. The van der Waals surface area contributed by atoms with Crippen molar-refractivity contribution in [1.29, 1.82) is 0 Å². The van der Waals surface area contributed by atoms with Crippen molar-refractivity contribution in [3.05, 3.63) is 42.0 Å². The summed E-state index contributed by atoms with van der Waals surface area (Å²) in [5.74, 6) is 0.597. The Morgan fingerprint density at radius 1 is 1.26 bits per heavy atom. The van der Waals surface area contributed by atoms with Crippen LogP contribution in [0, 0.1) is 0 Å². The van der Waals surface area contributed by atoms with Crippen LogP contribution in [0.3, 0.4) is 0 Å². The zero-order valence-electron chi connectivity index (χ0n) is 15.9. The van der Waals surface area contributed by atoms with Gasteiger partial charge in [-0.15, -0.1) is 0 Å². The molecular formula is C20H25N3O4. The van der Waals surface area contributed by atoms with Crippen molar-refractivity contribution in [2.24, 2.45) is 0 Å². The number of likely N-dealkylation sites (N-methyl/N-ethyl adjacent to an activating group) is 1. The lowest BCUT2D eigenvalue weighted by Gasteiger charge is -2.33. The number of nitrogens with zero attached hydrogens (tertiary/aromatic N) is 2. The third-order valence-electron chi connectivity index (χ3n) is 4.70. The van der Waals surface area contributed by atoms with Gasteiger partial charge in [0.1, 0.15) is 5.75 Å². The average Bonchev–Trinajstić information content (AvgIpc) is 2.70. The number of benzene rings is 2. The van der Waals surface area contributed by atoms with Gasteiger partial charge in [0, 0.05) is 32.7 Å². The number of carbonyl (C=O) groups excluding carboxylic acids is 2. The van der Waals surface area contributed by atoms with Crippen molar-refractivity contribution < 1.29 is 19.1 Å². The fourth-order valence-electron chi connectivity index (χ4n) is 3.24. The molecule has 0 saturated carbocycles. The Labute approximate surface area is 158 Å². The van der Waals surface area contributed by atoms with Gasteiger partial charge < -0.3 is 24.6 Å². The van der Waals surface area contributed by atoms with Crippen LogP contribution in [-0.4, -0.2) is 68.7 Å². The van der Waals surface area contributed by atoms with E-state index in [1.165, 1.54) is 4.90 Å². The molecule has 1 saturated heterocycles. The van der Waals surface area contributed by atoms with E-state index in [1.807, 2.05) is 36.4 Å². The number of nitrogens with one attached hydrogen (secondary N) is 1. The largest absolute Gasteiger partial charge is 0.496 e. The quantitative estimate of drug-likeness (QED) is 0.890. The molecule has 1 aliphatic rings. The summed E-state index contributed by atoms with van der Waals surface area (Å²) in [7, 11) is 4.98. The van der Waals surface area contributed by atoms with Crippen LogP contribution in [0.5, 0.6) is 5.75 Å². The summed E-state index contributed by atoms with van der Waals surface area (Å²) in [4.78, 5) is 27.8. The number of hydrogen-bond donors (Lipinski definition) is 1. The minimum Gasteiger partial charge on any atom is -0.496 e. The lowest BCUT2D eigenvalue weighted by molar-refractivity contribution is -0.145. The Kier molecular flexibility index (Phi) is 5.81. The summed E-state index contributed by atoms with van der Waals surface area (Å²) in [6, 6.07) is 11.7. The second kappa shape index (κ2) is 8.26. The number of rotatable bonds is 4. The smallest absolute Gasteiger partial charge is 0.317 e. The predicted octanol–water partition coefficient (Wildman–Crippen LogP) is 1.85. The zero-order chi connectivity index (χ0) is 19.4. The maximum absolute atomic E-state index is 12.6. The number of carbonyl (C=O) groups is 2. The van der Waals surface area contributed by atoms with Crippen LogP contribution >= 0.6 is 0 Å². The van der Waals surface area contributed by atoms with Gasteiger partial charge >= 0.3 is 6.03 Å². The number of methoxy groups -OCH3 is 1. The Balaban J connectivity index is 1.71. The topological polar surface area (TPSA) is 71.1 Å². The summed E-state index contributed by atoms with van der Waals surface area (Å²) < 4.78 is 11.0. The molecule has 0 unspecified atom stereocenters. The third-order valence-corrected chi connectivity index (χ3v) is 4.70. The average molecular weight is 371 g/mol. The zero-order valence-corrected chi connectivity index (χ0v) is 15.9. The maximum Gasteiger partial charge on any atom is 0.317 e. The van der Waals surface area contributed by atoms with E-state index in [4.69, 9.17) is 9.47 Å². The van der Waals surface area contributed by atoms with E-state index < -0.39 is 6.10 Å². The first-order valence-electron chi connectivity index (χ1n) is 8.91. The van der Waals surface area contributed by atoms with E-state index in [9.17, 15) is 9.59 Å². The van der Waals surface area contributed by atoms with Crippen LogP contribution < -0.4 is 10.1 Å². The molecule has 1 aliphatic heterocycles. The van der Waals surface area contributed by atoms with Gasteiger partial charge in [0.05, 0.1) is 20.3 Å². The third kappa shape index (κ3) is 4.14. The van der Waals surface area contributed by atoms with E-state index in [0.717, 1.165) is 22.1 Å². The van der Waals surface area contributed by atoms with Gasteiger partial charge in [0.25, 0.3) is 5.91 Å². The first-order chi connectivity index (χ1) is 13.0. The Morgan fingerprint density at radius 2 is 2.04 bits per heavy atom. The molecular weight excluding hydrogens is 346 g/mol. The van der Waals surface area contributed by atoms with Crippen LogP contribution in [0.25, 0.3) is 10.8 Å². The number of urea groups is 1. The van der Waals surface area contributed by atoms with Crippen molar-refractivity contribution in [3.8, 4) is 5.75 Å². The molecule has 0 aromatic heterocycles. The number of amides is 3. The highest BCUT2D eigenvalue weighted by molar-refractivity contribution is 5.88. The van der Waals surface area contributed by atoms with Gasteiger partial charge in [-0.1, -0.05) is 30.3 Å². The SMILES string of the molecule is COc1ccc2ccccc2c1CNC(=O)N1CCO[C@H](C(=O)N(C)C)C1. The van der Waals surface area contributed by atoms with Crippen molar-refractivity contribution in [1.82, 2.24) is 15.1 Å². The number of fused-ring (bicyclic) bond motifs is 1. The molecule has 27 heavy (non-hydrogen) atoms. The van der Waals surface area contributed by atoms with Gasteiger partial charge in [-0.2, -0.15) is 0 Å². The van der Waals surface area contributed by atoms with E-state index in [1.54, 1.807) is 26.1 Å². The fraction of sp³-hybridized carbons (Fsp3) is 0.400. The van der Waals surface area contributed by atoms with Crippen molar-refractivity contribution in [3.63, 3.8) is 0 Å². The summed E-state index contributed by atoms with van der Waals surface area (Å²) >= 11 is 0. The summed E-state index contributed by atoms with van der Waals surface area (Å²) in [5, 5.41) is 5.08. The molecule has 144 valence electrons. The van der Waals surface area contributed by atoms with E-state index >= 15 is 0 Å². The van der Waals surface area contributed by atoms with Crippen molar-refractivity contribution in [2.45, 2.75) is 12.6 Å². The highest BCUT2D eigenvalue weighted by Crippen LogP contribution is 2.27. The monoisotopic (exact) mass is 371 g/mol. The first-order valence-corrected chi connectivity index (χ1v) is 8.91. The lowest BCUT2D eigenvalue weighted by atomic mass is 10.0. The Hall–Kier alpha value is -2.80. The molecule has 0 radical (unpaired) electrons. The van der Waals surface area contributed by atoms with Crippen molar-refractivity contribution in [2.75, 3.05) is 40.9 Å². The minimum absolute atomic E-state index is 0.136. The molecule has 2 aromatic carbocycles. The Morgan fingerprint density at radius 3 is 2.78 bits per heavy atom. The van der Waals surface area contributed by atoms with Crippen LogP contribution in [-0.2, 0) is 16.1 Å². The van der Waals surface area contributed by atoms with Gasteiger partial charge in [-0.05, 0) is 16.8 Å². The molecule has 1 atom stereocenters. The molecule has 7 nitrogen and oxygen atoms in total. The van der Waals surface area contributed by atoms with Crippen LogP contribution in [0.1, 0.15) is 5.56 Å². The van der Waals surface area contributed by atoms with Gasteiger partial charge in [-0.25, -0.2) is 4.79 Å². The molecule has 2 aromatic rings. The molecule has 1 fully saturated rings. The second-order valence-electron chi connectivity index (χ2n) is 6.66. The van der Waals surface area contributed by atoms with Gasteiger partial charge in [-0.3, -0.25) is 4.79 Å². The van der Waals surface area contributed by atoms with Crippen LogP contribution in [0.2, 0.25) is 0 Å². The first kappa shape index (κ1) is 19.0. The predicted molar refractivity (Wildman–Crippen MR) is 103 cm³/mol. The lowest BCUT2D eigenvalue weighted by Crippen LogP contribution is -2.53. The number of ether oxygens (including phenoxy) is 2. The Bertz CT molecular complexity index is 837. The van der Waals surface area contributed by atoms with Gasteiger partial charge in [0.15, 0.2) is 6.10 Å². The molecule has 0 spiro atoms.